The molecule has 0 atom stereocenters. The van der Waals surface area contributed by atoms with Gasteiger partial charge in [0.1, 0.15) is 0 Å². The van der Waals surface area contributed by atoms with Gasteiger partial charge in [0, 0.05) is 24.7 Å². The van der Waals surface area contributed by atoms with Crippen LogP contribution in [0.15, 0.2) is 48.5 Å². The number of hydrogen-bond donors (Lipinski definition) is 2. The highest BCUT2D eigenvalue weighted by Crippen LogP contribution is 2.25. The molecule has 0 fully saturated rings. The average Bonchev–Trinajstić information content (AvgIpc) is 2.56. The van der Waals surface area contributed by atoms with E-state index in [9.17, 15) is 4.79 Å². The van der Waals surface area contributed by atoms with Crippen LogP contribution in [0.1, 0.15) is 5.56 Å². The highest BCUT2D eigenvalue weighted by Gasteiger charge is 2.12. The van der Waals surface area contributed by atoms with Gasteiger partial charge in [-0.25, -0.2) is 0 Å². The zero-order valence-corrected chi connectivity index (χ0v) is 16.1. The molecule has 0 unspecified atom stereocenters. The molecule has 7 heteroatoms. The molecule has 0 aliphatic heterocycles. The lowest BCUT2D eigenvalue weighted by molar-refractivity contribution is -0.117. The Morgan fingerprint density at radius 1 is 1.08 bits per heavy atom. The van der Waals surface area contributed by atoms with E-state index < -0.39 is 0 Å². The molecule has 0 radical (unpaired) electrons. The Balaban J connectivity index is 0.00000312. The summed E-state index contributed by atoms with van der Waals surface area (Å²) in [6.07, 6.45) is 0.871. The van der Waals surface area contributed by atoms with Crippen LogP contribution in [0.25, 0.3) is 0 Å². The van der Waals surface area contributed by atoms with E-state index in [1.807, 2.05) is 23.1 Å². The number of nitrogens with one attached hydrogen (secondary N) is 1. The molecule has 0 bridgehead atoms. The van der Waals surface area contributed by atoms with Gasteiger partial charge < -0.3 is 11.1 Å². The van der Waals surface area contributed by atoms with Gasteiger partial charge in [0.2, 0.25) is 5.91 Å². The van der Waals surface area contributed by atoms with Crippen molar-refractivity contribution in [1.29, 1.82) is 0 Å². The van der Waals surface area contributed by atoms with Crippen LogP contribution in [-0.2, 0) is 11.2 Å². The van der Waals surface area contributed by atoms with Crippen molar-refractivity contribution in [3.8, 4) is 0 Å². The number of benzene rings is 2. The fourth-order valence-corrected chi connectivity index (χ4v) is 2.82. The maximum absolute atomic E-state index is 12.3. The Labute approximate surface area is 164 Å². The topological polar surface area (TPSA) is 58.4 Å². The number of hydrogen-bond acceptors (Lipinski definition) is 3. The second kappa shape index (κ2) is 11.3. The molecule has 0 saturated carbocycles. The second-order valence-corrected chi connectivity index (χ2v) is 6.32. The number of anilines is 1. The molecular formula is C18H22Cl3N3O. The number of amides is 1. The van der Waals surface area contributed by atoms with Gasteiger partial charge in [-0.2, -0.15) is 0 Å². The van der Waals surface area contributed by atoms with Gasteiger partial charge in [0.25, 0.3) is 0 Å². The zero-order valence-electron chi connectivity index (χ0n) is 13.8. The highest BCUT2D eigenvalue weighted by atomic mass is 35.5. The van der Waals surface area contributed by atoms with Crippen molar-refractivity contribution in [1.82, 2.24) is 4.90 Å². The lowest BCUT2D eigenvalue weighted by Crippen LogP contribution is -2.38. The molecule has 0 aliphatic rings. The largest absolute Gasteiger partial charge is 0.329 e. The van der Waals surface area contributed by atoms with Gasteiger partial charge in [-0.3, -0.25) is 9.69 Å². The van der Waals surface area contributed by atoms with E-state index in [0.717, 1.165) is 13.0 Å². The smallest absolute Gasteiger partial charge is 0.238 e. The summed E-state index contributed by atoms with van der Waals surface area (Å²) in [6, 6.07) is 15.2. The van der Waals surface area contributed by atoms with Crippen LogP contribution in [0, 0.1) is 0 Å². The zero-order chi connectivity index (χ0) is 17.4. The molecule has 0 saturated heterocycles. The van der Waals surface area contributed by atoms with E-state index in [4.69, 9.17) is 28.9 Å². The van der Waals surface area contributed by atoms with E-state index in [1.165, 1.54) is 5.56 Å². The molecule has 136 valence electrons. The van der Waals surface area contributed by atoms with Gasteiger partial charge in [-0.05, 0) is 30.2 Å². The summed E-state index contributed by atoms with van der Waals surface area (Å²) >= 11 is 11.9. The minimum atomic E-state index is -0.124. The van der Waals surface area contributed by atoms with E-state index in [-0.39, 0.29) is 24.9 Å². The quantitative estimate of drug-likeness (QED) is 0.705. The molecule has 4 nitrogen and oxygen atoms in total. The Hall–Kier alpha value is -1.30. The monoisotopic (exact) mass is 401 g/mol. The first kappa shape index (κ1) is 21.7. The number of carbonyl (C=O) groups is 1. The van der Waals surface area contributed by atoms with Crippen molar-refractivity contribution in [2.45, 2.75) is 6.42 Å². The summed E-state index contributed by atoms with van der Waals surface area (Å²) in [5.41, 5.74) is 7.45. The Bertz CT molecular complexity index is 668. The molecule has 3 N–H and O–H groups in total. The molecule has 0 heterocycles. The predicted octanol–water partition coefficient (Wildman–Crippen LogP) is 3.86. The van der Waals surface area contributed by atoms with Crippen LogP contribution in [0.4, 0.5) is 5.69 Å². The maximum Gasteiger partial charge on any atom is 0.238 e. The number of halogens is 3. The Morgan fingerprint density at radius 3 is 2.44 bits per heavy atom. The van der Waals surface area contributed by atoms with Crippen LogP contribution in [0.2, 0.25) is 10.0 Å². The third-order valence-corrected chi connectivity index (χ3v) is 4.13. The first-order valence-electron chi connectivity index (χ1n) is 7.79. The molecule has 0 aromatic heterocycles. The Morgan fingerprint density at radius 2 is 1.80 bits per heavy atom. The van der Waals surface area contributed by atoms with Gasteiger partial charge in [-0.1, -0.05) is 53.5 Å². The van der Waals surface area contributed by atoms with Crippen LogP contribution >= 0.6 is 35.6 Å². The van der Waals surface area contributed by atoms with E-state index >= 15 is 0 Å². The lowest BCUT2D eigenvalue weighted by atomic mass is 10.1. The van der Waals surface area contributed by atoms with Crippen LogP contribution in [0.5, 0.6) is 0 Å². The fourth-order valence-electron chi connectivity index (χ4n) is 2.37. The van der Waals surface area contributed by atoms with Crippen molar-refractivity contribution in [2.75, 3.05) is 31.5 Å². The maximum atomic E-state index is 12.3. The SMILES string of the molecule is Cl.NCCN(CCc1ccccc1)CC(=O)Nc1ccc(Cl)cc1Cl. The van der Waals surface area contributed by atoms with E-state index in [0.29, 0.717) is 28.8 Å². The van der Waals surface area contributed by atoms with Gasteiger partial charge >= 0.3 is 0 Å². The van der Waals surface area contributed by atoms with Crippen LogP contribution < -0.4 is 11.1 Å². The van der Waals surface area contributed by atoms with Gasteiger partial charge in [-0.15, -0.1) is 12.4 Å². The highest BCUT2D eigenvalue weighted by molar-refractivity contribution is 6.36. The molecule has 0 spiro atoms. The van der Waals surface area contributed by atoms with Crippen molar-refractivity contribution in [2.24, 2.45) is 5.73 Å². The fraction of sp³-hybridized carbons (Fsp3) is 0.278. The molecular weight excluding hydrogens is 381 g/mol. The summed E-state index contributed by atoms with van der Waals surface area (Å²) in [7, 11) is 0. The molecule has 25 heavy (non-hydrogen) atoms. The Kier molecular flexibility index (Phi) is 9.86. The first-order chi connectivity index (χ1) is 11.6. The minimum absolute atomic E-state index is 0. The van der Waals surface area contributed by atoms with Gasteiger partial charge in [0.15, 0.2) is 0 Å². The van der Waals surface area contributed by atoms with E-state index in [1.54, 1.807) is 18.2 Å². The lowest BCUT2D eigenvalue weighted by Gasteiger charge is -2.21. The third-order valence-electron chi connectivity index (χ3n) is 3.58. The minimum Gasteiger partial charge on any atom is -0.329 e. The molecule has 0 aliphatic carbocycles. The van der Waals surface area contributed by atoms with Crippen molar-refractivity contribution in [3.05, 3.63) is 64.1 Å². The molecule has 2 rings (SSSR count). The second-order valence-electron chi connectivity index (χ2n) is 5.47. The standard InChI is InChI=1S/C18H21Cl2N3O.ClH/c19-15-6-7-17(16(20)12-15)22-18(24)13-23(11-9-21)10-8-14-4-2-1-3-5-14;/h1-7,12H,8-11,13,21H2,(H,22,24);1H. The summed E-state index contributed by atoms with van der Waals surface area (Å²) in [6.45, 7) is 2.20. The van der Waals surface area contributed by atoms with Gasteiger partial charge in [0.05, 0.1) is 17.3 Å². The first-order valence-corrected chi connectivity index (χ1v) is 8.55. The third kappa shape index (κ3) is 7.63. The number of carbonyl (C=O) groups excluding carboxylic acids is 1. The molecule has 1 amide bonds. The summed E-state index contributed by atoms with van der Waals surface area (Å²) in [5, 5.41) is 3.77. The molecule has 2 aromatic rings. The number of rotatable bonds is 8. The number of nitrogens with two attached hydrogens (primary N) is 1. The van der Waals surface area contributed by atoms with Crippen LogP contribution in [0.3, 0.4) is 0 Å². The summed E-state index contributed by atoms with van der Waals surface area (Å²) in [5.74, 6) is -0.124. The number of nitrogens with zero attached hydrogens (tertiary/aromatic N) is 1. The van der Waals surface area contributed by atoms with E-state index in [2.05, 4.69) is 17.4 Å². The van der Waals surface area contributed by atoms with Crippen molar-refractivity contribution < 1.29 is 4.79 Å². The summed E-state index contributed by atoms with van der Waals surface area (Å²) < 4.78 is 0. The summed E-state index contributed by atoms with van der Waals surface area (Å²) in [4.78, 5) is 14.3. The van der Waals surface area contributed by atoms with Crippen molar-refractivity contribution >= 4 is 47.2 Å². The van der Waals surface area contributed by atoms with Crippen LogP contribution in [-0.4, -0.2) is 37.0 Å². The molecule has 2 aromatic carbocycles. The predicted molar refractivity (Wildman–Crippen MR) is 108 cm³/mol. The average molecular weight is 403 g/mol. The van der Waals surface area contributed by atoms with Crippen molar-refractivity contribution in [3.63, 3.8) is 0 Å². The normalized spacial score (nSPS) is 10.4.